The second-order valence-corrected chi connectivity index (χ2v) is 5.40. The zero-order valence-electron chi connectivity index (χ0n) is 11.4. The smallest absolute Gasteiger partial charge is 0.188 e. The van der Waals surface area contributed by atoms with Crippen molar-refractivity contribution in [3.05, 3.63) is 35.4 Å². The molecular formula is C15H24N4. The highest BCUT2D eigenvalue weighted by Crippen LogP contribution is 2.21. The standard InChI is InChI=1S/C15H24N4/c16-10-14-4-1-3-12(9-14)6-7-13-5-2-8-19(11-13)15(17)18/h1,3-4,9,13H,2,5-8,10-11,16H2,(H3,17,18). The lowest BCUT2D eigenvalue weighted by molar-refractivity contribution is 0.245. The van der Waals surface area contributed by atoms with Gasteiger partial charge in [-0.1, -0.05) is 24.3 Å². The Morgan fingerprint density at radius 3 is 2.89 bits per heavy atom. The number of nitrogens with one attached hydrogen (secondary N) is 1. The highest BCUT2D eigenvalue weighted by atomic mass is 15.2. The first kappa shape index (κ1) is 13.9. The van der Waals surface area contributed by atoms with Gasteiger partial charge in [-0.3, -0.25) is 5.41 Å². The Bertz CT molecular complexity index is 430. The molecule has 1 heterocycles. The van der Waals surface area contributed by atoms with Crippen molar-refractivity contribution in [1.82, 2.24) is 4.90 Å². The Morgan fingerprint density at radius 2 is 2.16 bits per heavy atom. The summed E-state index contributed by atoms with van der Waals surface area (Å²) >= 11 is 0. The molecule has 5 N–H and O–H groups in total. The minimum atomic E-state index is 0.217. The van der Waals surface area contributed by atoms with E-state index in [0.717, 1.165) is 32.4 Å². The van der Waals surface area contributed by atoms with Crippen molar-refractivity contribution in [1.29, 1.82) is 5.41 Å². The molecule has 1 fully saturated rings. The van der Waals surface area contributed by atoms with E-state index < -0.39 is 0 Å². The first-order valence-electron chi connectivity index (χ1n) is 7.06. The third-order valence-corrected chi connectivity index (χ3v) is 3.93. The van der Waals surface area contributed by atoms with Gasteiger partial charge in [-0.05, 0) is 42.7 Å². The fraction of sp³-hybridized carbons (Fsp3) is 0.533. The molecule has 0 saturated carbocycles. The van der Waals surface area contributed by atoms with E-state index in [1.807, 2.05) is 4.90 Å². The SMILES string of the molecule is N=C(N)N1CCCC(CCc2cccc(CN)c2)C1. The molecule has 2 rings (SSSR count). The predicted molar refractivity (Wildman–Crippen MR) is 78.9 cm³/mol. The van der Waals surface area contributed by atoms with Crippen LogP contribution in [0.25, 0.3) is 0 Å². The molecule has 0 amide bonds. The van der Waals surface area contributed by atoms with Gasteiger partial charge in [0.15, 0.2) is 5.96 Å². The van der Waals surface area contributed by atoms with Crippen LogP contribution in [0.5, 0.6) is 0 Å². The molecule has 1 aliphatic rings. The summed E-state index contributed by atoms with van der Waals surface area (Å²) < 4.78 is 0. The van der Waals surface area contributed by atoms with Gasteiger partial charge in [0.25, 0.3) is 0 Å². The van der Waals surface area contributed by atoms with Crippen LogP contribution in [0, 0.1) is 11.3 Å². The second-order valence-electron chi connectivity index (χ2n) is 5.40. The number of guanidine groups is 1. The molecule has 1 aromatic rings. The van der Waals surface area contributed by atoms with Crippen LogP contribution < -0.4 is 11.5 Å². The third-order valence-electron chi connectivity index (χ3n) is 3.93. The molecule has 1 aliphatic heterocycles. The van der Waals surface area contributed by atoms with E-state index in [1.54, 1.807) is 0 Å². The number of nitrogens with zero attached hydrogens (tertiary/aromatic N) is 1. The largest absolute Gasteiger partial charge is 0.370 e. The third kappa shape index (κ3) is 3.96. The van der Waals surface area contributed by atoms with Crippen LogP contribution >= 0.6 is 0 Å². The Hall–Kier alpha value is -1.55. The number of aryl methyl sites for hydroxylation is 1. The minimum absolute atomic E-state index is 0.217. The molecule has 0 bridgehead atoms. The molecule has 4 nitrogen and oxygen atoms in total. The van der Waals surface area contributed by atoms with Gasteiger partial charge in [0.2, 0.25) is 0 Å². The molecule has 4 heteroatoms. The predicted octanol–water partition coefficient (Wildman–Crippen LogP) is 1.68. The highest BCUT2D eigenvalue weighted by molar-refractivity contribution is 5.74. The van der Waals surface area contributed by atoms with E-state index in [-0.39, 0.29) is 5.96 Å². The minimum Gasteiger partial charge on any atom is -0.370 e. The first-order valence-corrected chi connectivity index (χ1v) is 7.06. The summed E-state index contributed by atoms with van der Waals surface area (Å²) in [7, 11) is 0. The van der Waals surface area contributed by atoms with Crippen LogP contribution in [0.2, 0.25) is 0 Å². The molecule has 0 radical (unpaired) electrons. The number of nitrogens with two attached hydrogens (primary N) is 2. The van der Waals surface area contributed by atoms with Gasteiger partial charge in [-0.2, -0.15) is 0 Å². The molecule has 0 aliphatic carbocycles. The van der Waals surface area contributed by atoms with Gasteiger partial charge in [0.1, 0.15) is 0 Å². The second kappa shape index (κ2) is 6.57. The van der Waals surface area contributed by atoms with Gasteiger partial charge in [0, 0.05) is 19.6 Å². The lowest BCUT2D eigenvalue weighted by Gasteiger charge is -2.33. The van der Waals surface area contributed by atoms with E-state index >= 15 is 0 Å². The fourth-order valence-corrected chi connectivity index (χ4v) is 2.80. The number of hydrogen-bond donors (Lipinski definition) is 3. The topological polar surface area (TPSA) is 79.1 Å². The molecule has 0 aromatic heterocycles. The van der Waals surface area contributed by atoms with E-state index in [9.17, 15) is 0 Å². The molecule has 1 saturated heterocycles. The van der Waals surface area contributed by atoms with Crippen molar-refractivity contribution in [2.24, 2.45) is 17.4 Å². The van der Waals surface area contributed by atoms with Crippen molar-refractivity contribution >= 4 is 5.96 Å². The van der Waals surface area contributed by atoms with Crippen LogP contribution in [0.1, 0.15) is 30.4 Å². The summed E-state index contributed by atoms with van der Waals surface area (Å²) in [4.78, 5) is 1.99. The summed E-state index contributed by atoms with van der Waals surface area (Å²) in [5.41, 5.74) is 13.8. The monoisotopic (exact) mass is 260 g/mol. The highest BCUT2D eigenvalue weighted by Gasteiger charge is 2.20. The lowest BCUT2D eigenvalue weighted by atomic mass is 9.91. The normalized spacial score (nSPS) is 19.4. The summed E-state index contributed by atoms with van der Waals surface area (Å²) in [6.07, 6.45) is 4.65. The average molecular weight is 260 g/mol. The zero-order valence-corrected chi connectivity index (χ0v) is 11.4. The van der Waals surface area contributed by atoms with E-state index in [0.29, 0.717) is 12.5 Å². The maximum atomic E-state index is 7.52. The number of benzene rings is 1. The number of piperidine rings is 1. The Kier molecular flexibility index (Phi) is 4.80. The molecule has 1 aromatic carbocycles. The molecular weight excluding hydrogens is 236 g/mol. The van der Waals surface area contributed by atoms with Gasteiger partial charge < -0.3 is 16.4 Å². The first-order chi connectivity index (χ1) is 9.19. The zero-order chi connectivity index (χ0) is 13.7. The summed E-state index contributed by atoms with van der Waals surface area (Å²) in [5, 5.41) is 7.52. The Labute approximate surface area is 115 Å². The van der Waals surface area contributed by atoms with Gasteiger partial charge >= 0.3 is 0 Å². The molecule has 19 heavy (non-hydrogen) atoms. The van der Waals surface area contributed by atoms with Crippen molar-refractivity contribution in [3.8, 4) is 0 Å². The number of likely N-dealkylation sites (tertiary alicyclic amines) is 1. The van der Waals surface area contributed by atoms with Crippen LogP contribution in [0.15, 0.2) is 24.3 Å². The summed E-state index contributed by atoms with van der Waals surface area (Å²) in [6.45, 7) is 2.48. The summed E-state index contributed by atoms with van der Waals surface area (Å²) in [5.74, 6) is 0.869. The number of rotatable bonds is 4. The van der Waals surface area contributed by atoms with Crippen molar-refractivity contribution in [2.75, 3.05) is 13.1 Å². The molecule has 0 spiro atoms. The Morgan fingerprint density at radius 1 is 1.37 bits per heavy atom. The fourth-order valence-electron chi connectivity index (χ4n) is 2.80. The summed E-state index contributed by atoms with van der Waals surface area (Å²) in [6, 6.07) is 8.53. The number of hydrogen-bond acceptors (Lipinski definition) is 2. The van der Waals surface area contributed by atoms with E-state index in [4.69, 9.17) is 16.9 Å². The van der Waals surface area contributed by atoms with Crippen LogP contribution in [-0.2, 0) is 13.0 Å². The maximum Gasteiger partial charge on any atom is 0.188 e. The van der Waals surface area contributed by atoms with Gasteiger partial charge in [-0.25, -0.2) is 0 Å². The lowest BCUT2D eigenvalue weighted by Crippen LogP contribution is -2.43. The van der Waals surface area contributed by atoms with Crippen molar-refractivity contribution in [2.45, 2.75) is 32.2 Å². The maximum absolute atomic E-state index is 7.52. The Balaban J connectivity index is 1.86. The van der Waals surface area contributed by atoms with Gasteiger partial charge in [-0.15, -0.1) is 0 Å². The van der Waals surface area contributed by atoms with E-state index in [2.05, 4.69) is 24.3 Å². The van der Waals surface area contributed by atoms with Crippen LogP contribution in [0.3, 0.4) is 0 Å². The molecule has 1 atom stereocenters. The van der Waals surface area contributed by atoms with Crippen LogP contribution in [-0.4, -0.2) is 23.9 Å². The average Bonchev–Trinajstić information content (AvgIpc) is 2.45. The van der Waals surface area contributed by atoms with Crippen LogP contribution in [0.4, 0.5) is 0 Å². The molecule has 104 valence electrons. The van der Waals surface area contributed by atoms with Gasteiger partial charge in [0.05, 0.1) is 0 Å². The van der Waals surface area contributed by atoms with Crippen molar-refractivity contribution < 1.29 is 0 Å². The quantitative estimate of drug-likeness (QED) is 0.569. The van der Waals surface area contributed by atoms with Crippen molar-refractivity contribution in [3.63, 3.8) is 0 Å². The van der Waals surface area contributed by atoms with E-state index in [1.165, 1.54) is 17.5 Å². The molecule has 1 unspecified atom stereocenters.